The SMILES string of the molecule is CS(=O)(=O)N1CCO[C@H]2CN(C(=O)COc3ccccc3)C[C@H]2C1. The lowest BCUT2D eigenvalue weighted by Gasteiger charge is -2.21. The molecule has 2 heterocycles. The lowest BCUT2D eigenvalue weighted by molar-refractivity contribution is -0.132. The molecule has 0 spiro atoms. The van der Waals surface area contributed by atoms with Crippen LogP contribution in [0.15, 0.2) is 30.3 Å². The third kappa shape index (κ3) is 4.06. The number of likely N-dealkylation sites (tertiary alicyclic amines) is 1. The van der Waals surface area contributed by atoms with E-state index < -0.39 is 10.0 Å². The lowest BCUT2D eigenvalue weighted by Crippen LogP contribution is -2.38. The highest BCUT2D eigenvalue weighted by atomic mass is 32.2. The zero-order valence-electron chi connectivity index (χ0n) is 13.6. The molecule has 0 radical (unpaired) electrons. The number of carbonyl (C=O) groups is 1. The van der Waals surface area contributed by atoms with Crippen molar-refractivity contribution in [3.8, 4) is 5.75 Å². The standard InChI is InChI=1S/C16H22N2O5S/c1-24(20,21)18-7-8-22-15-11-17(9-13(15)10-18)16(19)12-23-14-5-3-2-4-6-14/h2-6,13,15H,7-12H2,1H3/t13-,15-/m0/s1. The van der Waals surface area contributed by atoms with Gasteiger partial charge in [-0.25, -0.2) is 8.42 Å². The summed E-state index contributed by atoms with van der Waals surface area (Å²) in [7, 11) is -3.25. The van der Waals surface area contributed by atoms with Crippen molar-refractivity contribution in [2.75, 3.05) is 45.6 Å². The maximum Gasteiger partial charge on any atom is 0.260 e. The monoisotopic (exact) mass is 354 g/mol. The summed E-state index contributed by atoms with van der Waals surface area (Å²) >= 11 is 0. The molecule has 0 unspecified atom stereocenters. The topological polar surface area (TPSA) is 76.2 Å². The number of amides is 1. The molecule has 1 amide bonds. The summed E-state index contributed by atoms with van der Waals surface area (Å²) in [5.74, 6) is 0.545. The number of fused-ring (bicyclic) bond motifs is 1. The van der Waals surface area contributed by atoms with Crippen LogP contribution >= 0.6 is 0 Å². The van der Waals surface area contributed by atoms with E-state index in [0.29, 0.717) is 38.5 Å². The largest absolute Gasteiger partial charge is 0.484 e. The van der Waals surface area contributed by atoms with Crippen molar-refractivity contribution in [3.05, 3.63) is 30.3 Å². The van der Waals surface area contributed by atoms with Crippen molar-refractivity contribution in [2.24, 2.45) is 5.92 Å². The first-order chi connectivity index (χ1) is 11.4. The molecule has 1 aromatic carbocycles. The van der Waals surface area contributed by atoms with Crippen LogP contribution in [0.3, 0.4) is 0 Å². The number of para-hydroxylation sites is 1. The highest BCUT2D eigenvalue weighted by Gasteiger charge is 2.40. The van der Waals surface area contributed by atoms with Crippen LogP contribution in [0.5, 0.6) is 5.75 Å². The van der Waals surface area contributed by atoms with Crippen molar-refractivity contribution in [1.29, 1.82) is 0 Å². The van der Waals surface area contributed by atoms with Crippen molar-refractivity contribution in [1.82, 2.24) is 9.21 Å². The molecular formula is C16H22N2O5S. The first-order valence-electron chi connectivity index (χ1n) is 7.96. The maximum absolute atomic E-state index is 12.3. The maximum atomic E-state index is 12.3. The Balaban J connectivity index is 1.57. The fourth-order valence-electron chi connectivity index (χ4n) is 3.12. The van der Waals surface area contributed by atoms with Crippen molar-refractivity contribution >= 4 is 15.9 Å². The van der Waals surface area contributed by atoms with Crippen LogP contribution in [-0.4, -0.2) is 75.3 Å². The number of hydrogen-bond donors (Lipinski definition) is 0. The average Bonchev–Trinajstić information content (AvgIpc) is 2.84. The molecule has 8 heteroatoms. The zero-order chi connectivity index (χ0) is 17.2. The van der Waals surface area contributed by atoms with Gasteiger partial charge in [-0.15, -0.1) is 0 Å². The molecular weight excluding hydrogens is 332 g/mol. The van der Waals surface area contributed by atoms with E-state index in [0.717, 1.165) is 0 Å². The van der Waals surface area contributed by atoms with Gasteiger partial charge >= 0.3 is 0 Å². The smallest absolute Gasteiger partial charge is 0.260 e. The molecule has 0 N–H and O–H groups in total. The molecule has 2 saturated heterocycles. The second-order valence-electron chi connectivity index (χ2n) is 6.19. The van der Waals surface area contributed by atoms with Gasteiger partial charge in [0.2, 0.25) is 10.0 Å². The number of ether oxygens (including phenoxy) is 2. The van der Waals surface area contributed by atoms with E-state index in [1.54, 1.807) is 17.0 Å². The van der Waals surface area contributed by atoms with Gasteiger partial charge in [0.1, 0.15) is 5.75 Å². The van der Waals surface area contributed by atoms with Crippen LogP contribution in [0.4, 0.5) is 0 Å². The normalized spacial score (nSPS) is 25.1. The summed E-state index contributed by atoms with van der Waals surface area (Å²) in [5.41, 5.74) is 0. The molecule has 0 saturated carbocycles. The molecule has 2 aliphatic rings. The summed E-state index contributed by atoms with van der Waals surface area (Å²) in [4.78, 5) is 14.0. The van der Waals surface area contributed by atoms with Crippen molar-refractivity contribution < 1.29 is 22.7 Å². The lowest BCUT2D eigenvalue weighted by atomic mass is 10.1. The van der Waals surface area contributed by atoms with Crippen LogP contribution in [0, 0.1) is 5.92 Å². The quantitative estimate of drug-likeness (QED) is 0.771. The van der Waals surface area contributed by atoms with Crippen molar-refractivity contribution in [2.45, 2.75) is 6.10 Å². The van der Waals surface area contributed by atoms with E-state index in [-0.39, 0.29) is 24.5 Å². The van der Waals surface area contributed by atoms with Gasteiger partial charge in [-0.3, -0.25) is 4.79 Å². The van der Waals surface area contributed by atoms with E-state index >= 15 is 0 Å². The Morgan fingerprint density at radius 3 is 2.71 bits per heavy atom. The first kappa shape index (κ1) is 17.2. The van der Waals surface area contributed by atoms with E-state index in [1.165, 1.54) is 10.6 Å². The molecule has 0 aromatic heterocycles. The van der Waals surface area contributed by atoms with Gasteiger partial charge in [0, 0.05) is 32.1 Å². The minimum atomic E-state index is -3.25. The van der Waals surface area contributed by atoms with Gasteiger partial charge in [0.25, 0.3) is 5.91 Å². The fourth-order valence-corrected chi connectivity index (χ4v) is 3.99. The first-order valence-corrected chi connectivity index (χ1v) is 9.80. The average molecular weight is 354 g/mol. The highest BCUT2D eigenvalue weighted by molar-refractivity contribution is 7.88. The molecule has 2 fully saturated rings. The number of rotatable bonds is 4. The van der Waals surface area contributed by atoms with Gasteiger partial charge < -0.3 is 14.4 Å². The summed E-state index contributed by atoms with van der Waals surface area (Å²) in [6.45, 7) is 2.08. The van der Waals surface area contributed by atoms with E-state index in [4.69, 9.17) is 9.47 Å². The molecule has 2 atom stereocenters. The van der Waals surface area contributed by atoms with Gasteiger partial charge in [-0.05, 0) is 12.1 Å². The minimum absolute atomic E-state index is 0.00269. The molecule has 7 nitrogen and oxygen atoms in total. The number of carbonyl (C=O) groups excluding carboxylic acids is 1. The Morgan fingerprint density at radius 1 is 1.25 bits per heavy atom. The van der Waals surface area contributed by atoms with Crippen LogP contribution < -0.4 is 4.74 Å². The number of nitrogens with zero attached hydrogens (tertiary/aromatic N) is 2. The summed E-state index contributed by atoms with van der Waals surface area (Å²) in [6, 6.07) is 9.18. The number of benzene rings is 1. The van der Waals surface area contributed by atoms with Gasteiger partial charge in [0.15, 0.2) is 6.61 Å². The molecule has 24 heavy (non-hydrogen) atoms. The summed E-state index contributed by atoms with van der Waals surface area (Å²) in [6.07, 6.45) is 1.09. The second-order valence-corrected chi connectivity index (χ2v) is 8.17. The third-order valence-electron chi connectivity index (χ3n) is 4.42. The predicted octanol–water partition coefficient (Wildman–Crippen LogP) is 0.184. The Labute approximate surface area is 142 Å². The molecule has 0 bridgehead atoms. The molecule has 132 valence electrons. The molecule has 2 aliphatic heterocycles. The van der Waals surface area contributed by atoms with Gasteiger partial charge in [0.05, 0.1) is 19.0 Å². The molecule has 1 aromatic rings. The third-order valence-corrected chi connectivity index (χ3v) is 5.69. The zero-order valence-corrected chi connectivity index (χ0v) is 14.4. The molecule has 3 rings (SSSR count). The highest BCUT2D eigenvalue weighted by Crippen LogP contribution is 2.25. The van der Waals surface area contributed by atoms with Crippen LogP contribution in [0.2, 0.25) is 0 Å². The number of hydrogen-bond acceptors (Lipinski definition) is 5. The van der Waals surface area contributed by atoms with Gasteiger partial charge in [-0.1, -0.05) is 18.2 Å². The van der Waals surface area contributed by atoms with Crippen LogP contribution in [0.25, 0.3) is 0 Å². The Morgan fingerprint density at radius 2 is 2.00 bits per heavy atom. The van der Waals surface area contributed by atoms with Crippen molar-refractivity contribution in [3.63, 3.8) is 0 Å². The number of sulfonamides is 1. The van der Waals surface area contributed by atoms with Crippen LogP contribution in [-0.2, 0) is 19.6 Å². The minimum Gasteiger partial charge on any atom is -0.484 e. The fraction of sp³-hybridized carbons (Fsp3) is 0.562. The van der Waals surface area contributed by atoms with E-state index in [1.807, 2.05) is 18.2 Å². The molecule has 0 aliphatic carbocycles. The van der Waals surface area contributed by atoms with E-state index in [9.17, 15) is 13.2 Å². The second kappa shape index (κ2) is 7.08. The van der Waals surface area contributed by atoms with Crippen LogP contribution in [0.1, 0.15) is 0 Å². The summed E-state index contributed by atoms with van der Waals surface area (Å²) in [5, 5.41) is 0. The Bertz CT molecular complexity index is 679. The predicted molar refractivity (Wildman–Crippen MR) is 88.2 cm³/mol. The Kier molecular flexibility index (Phi) is 5.07. The van der Waals surface area contributed by atoms with E-state index in [2.05, 4.69) is 0 Å². The Hall–Kier alpha value is -1.64. The summed E-state index contributed by atoms with van der Waals surface area (Å²) < 4.78 is 36.2. The van der Waals surface area contributed by atoms with Gasteiger partial charge in [-0.2, -0.15) is 4.31 Å².